The minimum absolute atomic E-state index is 0.0433. The minimum atomic E-state index is -1.05. The first kappa shape index (κ1) is 80.3. The first-order chi connectivity index (χ1) is 51.9. The van der Waals surface area contributed by atoms with E-state index in [2.05, 4.69) is 78.1 Å². The lowest BCUT2D eigenvalue weighted by molar-refractivity contribution is -0.157. The molecule has 560 valence electrons. The van der Waals surface area contributed by atoms with Crippen LogP contribution in [0.3, 0.4) is 0 Å². The molecule has 0 aliphatic heterocycles. The van der Waals surface area contributed by atoms with Gasteiger partial charge in [0.15, 0.2) is 0 Å². The zero-order chi connectivity index (χ0) is 77.2. The van der Waals surface area contributed by atoms with Gasteiger partial charge in [0.1, 0.15) is 44.1 Å². The van der Waals surface area contributed by atoms with Gasteiger partial charge in [0, 0.05) is 50.2 Å². The number of carbonyl (C=O) groups is 9. The van der Waals surface area contributed by atoms with E-state index >= 15 is 0 Å². The molecule has 0 saturated heterocycles. The number of carboxylic acid groups (broad SMARTS) is 2. The van der Waals surface area contributed by atoms with Crippen LogP contribution >= 0.6 is 0 Å². The van der Waals surface area contributed by atoms with Gasteiger partial charge in [-0.15, -0.1) is 0 Å². The summed E-state index contributed by atoms with van der Waals surface area (Å²) in [6, 6.07) is 77.9. The number of nitrogens with zero attached hydrogens (tertiary/aromatic N) is 2. The van der Waals surface area contributed by atoms with Crippen molar-refractivity contribution in [2.75, 3.05) is 39.5 Å². The van der Waals surface area contributed by atoms with Gasteiger partial charge in [-0.1, -0.05) is 237 Å². The number of aliphatic carboxylic acids is 2. The summed E-state index contributed by atoms with van der Waals surface area (Å²) in [6.07, 6.45) is -0.778. The number of amides is 2. The summed E-state index contributed by atoms with van der Waals surface area (Å²) in [5.41, 5.74) is 15.8. The number of ether oxygens (including phenoxy) is 5. The molecule has 3 aliphatic rings. The van der Waals surface area contributed by atoms with E-state index in [0.717, 1.165) is 61.2 Å². The molecule has 0 bridgehead atoms. The Labute approximate surface area is 630 Å². The average Bonchev–Trinajstić information content (AvgIpc) is 1.63. The predicted octanol–water partition coefficient (Wildman–Crippen LogP) is 15.1. The van der Waals surface area contributed by atoms with Crippen molar-refractivity contribution in [2.45, 2.75) is 129 Å². The third-order valence-electron chi connectivity index (χ3n) is 17.8. The fraction of sp³-hybridized carbons (Fsp3) is 0.292. The molecular formula is C89H93N3O16. The maximum absolute atomic E-state index is 13.1. The zero-order valence-electron chi connectivity index (χ0n) is 61.9. The van der Waals surface area contributed by atoms with Crippen molar-refractivity contribution in [2.24, 2.45) is 0 Å². The zero-order valence-corrected chi connectivity index (χ0v) is 61.9. The van der Waals surface area contributed by atoms with Gasteiger partial charge in [-0.25, -0.2) is 0 Å². The van der Waals surface area contributed by atoms with Crippen LogP contribution in [0.1, 0.15) is 148 Å². The van der Waals surface area contributed by atoms with Crippen molar-refractivity contribution in [3.05, 3.63) is 287 Å². The Hall–Kier alpha value is -11.8. The summed E-state index contributed by atoms with van der Waals surface area (Å²) in [6.45, 7) is 12.2. The Kier molecular flexibility index (Phi) is 29.0. The third kappa shape index (κ3) is 24.1. The largest absolute Gasteiger partial charge is 0.481 e. The highest BCUT2D eigenvalue weighted by Crippen LogP contribution is 2.47. The van der Waals surface area contributed by atoms with Gasteiger partial charge in [0.25, 0.3) is 0 Å². The molecular weight excluding hydrogens is 1370 g/mol. The first-order valence-corrected chi connectivity index (χ1v) is 36.1. The summed E-state index contributed by atoms with van der Waals surface area (Å²) in [5.74, 6) is -4.87. The van der Waals surface area contributed by atoms with E-state index in [1.165, 1.54) is 32.1 Å². The van der Waals surface area contributed by atoms with E-state index in [-0.39, 0.29) is 114 Å². The first-order valence-electron chi connectivity index (χ1n) is 36.1. The van der Waals surface area contributed by atoms with Gasteiger partial charge < -0.3 is 49.0 Å². The van der Waals surface area contributed by atoms with Crippen LogP contribution < -0.4 is 5.32 Å². The smallest absolute Gasteiger partial charge is 0.325 e. The Morgan fingerprint density at radius 1 is 0.324 bits per heavy atom. The number of nitrogens with one attached hydrogen (secondary N) is 1. The second-order valence-corrected chi connectivity index (χ2v) is 28.3. The highest BCUT2D eigenvalue weighted by molar-refractivity contribution is 5.87. The molecule has 9 aromatic rings. The van der Waals surface area contributed by atoms with Crippen molar-refractivity contribution in [3.63, 3.8) is 0 Å². The molecule has 19 nitrogen and oxygen atoms in total. The van der Waals surface area contributed by atoms with Gasteiger partial charge in [-0.05, 0) is 125 Å². The van der Waals surface area contributed by atoms with Crippen molar-refractivity contribution in [3.8, 4) is 33.4 Å². The summed E-state index contributed by atoms with van der Waals surface area (Å²) < 4.78 is 27.1. The Bertz CT molecular complexity index is 4430. The van der Waals surface area contributed by atoms with Crippen LogP contribution in [-0.4, -0.2) is 124 Å². The number of esters is 5. The SMILES string of the molecule is CC(C)(C)OC(=O)CCC(=O)N(CC(=O)OCC1c2ccccc2-c2ccccc21)Cc1ccccc1.CC(C)(C)OC(=O)CCC(=O)O.O=C(CNCc1ccccc1)OCC1c2ccccc2-c2ccccc21.O=C(O)CCC(=O)N(CC(=O)OCC1c2ccccc2-c2ccccc21)Cc1ccccc1. The van der Waals surface area contributed by atoms with Gasteiger partial charge in [0.05, 0.1) is 32.2 Å². The standard InChI is InChI=1S/C31H33NO5.C27H25NO5.C23H21NO2.C8H14O4/c1-31(2,3)37-29(34)18-17-28(33)32(19-22-11-5-4-6-12-22)20-30(35)36-21-27-25-15-9-7-13-23(25)24-14-8-10-16-26(24)27;29-25(14-15-26(30)31)28(16-19-8-2-1-3-9-19)17-27(32)33-18-24-22-12-6-4-10-20(22)21-11-5-7-13-23(21)24;25-23(15-24-14-17-8-2-1-3-9-17)26-16-22-20-12-6-4-10-18(20)19-11-5-7-13-21(19)22;1-8(2,3)12-7(11)5-4-6(9)10/h4-16,27H,17-21H2,1-3H3;1-13,24H,14-18H2,(H,30,31);1-13,22,24H,14-16H2;4-5H2,1-3H3,(H,9,10). The summed E-state index contributed by atoms with van der Waals surface area (Å²) in [7, 11) is 0. The second-order valence-electron chi connectivity index (χ2n) is 28.3. The molecule has 2 amide bonds. The number of hydrogen-bond donors (Lipinski definition) is 3. The van der Waals surface area contributed by atoms with Crippen molar-refractivity contribution in [1.29, 1.82) is 0 Å². The maximum Gasteiger partial charge on any atom is 0.325 e. The van der Waals surface area contributed by atoms with Crippen LogP contribution in [0.15, 0.2) is 237 Å². The van der Waals surface area contributed by atoms with Crippen LogP contribution in [0.5, 0.6) is 0 Å². The highest BCUT2D eigenvalue weighted by atomic mass is 16.6. The molecule has 0 saturated carbocycles. The third-order valence-corrected chi connectivity index (χ3v) is 17.8. The maximum atomic E-state index is 13.1. The summed E-state index contributed by atoms with van der Waals surface area (Å²) in [5, 5.41) is 20.3. The number of carbonyl (C=O) groups excluding carboxylic acids is 7. The molecule has 0 radical (unpaired) electrons. The molecule has 0 atom stereocenters. The number of rotatable bonds is 27. The van der Waals surface area contributed by atoms with Crippen LogP contribution in [0, 0.1) is 0 Å². The lowest BCUT2D eigenvalue weighted by Gasteiger charge is -2.23. The summed E-state index contributed by atoms with van der Waals surface area (Å²) in [4.78, 5) is 110. The van der Waals surface area contributed by atoms with Crippen LogP contribution in [0.2, 0.25) is 0 Å². The molecule has 0 heterocycles. The quantitative estimate of drug-likeness (QED) is 0.0319. The number of hydrogen-bond acceptors (Lipinski definition) is 15. The van der Waals surface area contributed by atoms with Crippen LogP contribution in [0.4, 0.5) is 0 Å². The minimum Gasteiger partial charge on any atom is -0.481 e. The van der Waals surface area contributed by atoms with E-state index in [0.29, 0.717) is 13.2 Å². The highest BCUT2D eigenvalue weighted by Gasteiger charge is 2.33. The molecule has 108 heavy (non-hydrogen) atoms. The number of carboxylic acids is 2. The van der Waals surface area contributed by atoms with Gasteiger partial charge in [-0.2, -0.15) is 0 Å². The Morgan fingerprint density at radius 2 is 0.583 bits per heavy atom. The Balaban J connectivity index is 0.000000175. The average molecular weight is 1460 g/mol. The normalized spacial score (nSPS) is 12.1. The second kappa shape index (κ2) is 39.0. The van der Waals surface area contributed by atoms with Crippen molar-refractivity contribution in [1.82, 2.24) is 15.1 Å². The fourth-order valence-electron chi connectivity index (χ4n) is 13.0. The lowest BCUT2D eigenvalue weighted by atomic mass is 9.98. The lowest BCUT2D eigenvalue weighted by Crippen LogP contribution is -2.36. The van der Waals surface area contributed by atoms with E-state index in [1.807, 2.05) is 164 Å². The Morgan fingerprint density at radius 3 is 0.889 bits per heavy atom. The number of benzene rings is 9. The van der Waals surface area contributed by atoms with Gasteiger partial charge >= 0.3 is 41.8 Å². The van der Waals surface area contributed by atoms with Crippen molar-refractivity contribution >= 4 is 53.6 Å². The molecule has 12 rings (SSSR count). The molecule has 0 spiro atoms. The molecule has 3 aliphatic carbocycles. The molecule has 19 heteroatoms. The van der Waals surface area contributed by atoms with Gasteiger partial charge in [-0.3, -0.25) is 43.2 Å². The monoisotopic (exact) mass is 1460 g/mol. The molecule has 0 unspecified atom stereocenters. The molecule has 0 aromatic heterocycles. The summed E-state index contributed by atoms with van der Waals surface area (Å²) >= 11 is 0. The van der Waals surface area contributed by atoms with Crippen LogP contribution in [-0.2, 0) is 86.5 Å². The van der Waals surface area contributed by atoms with Gasteiger partial charge in [0.2, 0.25) is 11.8 Å². The molecule has 0 fully saturated rings. The van der Waals surface area contributed by atoms with E-state index in [1.54, 1.807) is 41.5 Å². The van der Waals surface area contributed by atoms with E-state index in [4.69, 9.17) is 33.9 Å². The topological polar surface area (TPSA) is 259 Å². The molecule has 3 N–H and O–H groups in total. The van der Waals surface area contributed by atoms with E-state index < -0.39 is 52.9 Å². The van der Waals surface area contributed by atoms with E-state index in [9.17, 15) is 43.2 Å². The molecule has 9 aromatic carbocycles. The van der Waals surface area contributed by atoms with Crippen LogP contribution in [0.25, 0.3) is 33.4 Å². The van der Waals surface area contributed by atoms with Crippen molar-refractivity contribution < 1.29 is 77.0 Å². The predicted molar refractivity (Wildman–Crippen MR) is 411 cm³/mol. The number of fused-ring (bicyclic) bond motifs is 9. The fourth-order valence-corrected chi connectivity index (χ4v) is 13.0.